The smallest absolute Gasteiger partial charge is 0.0669 e. The molecule has 0 bridgehead atoms. The van der Waals surface area contributed by atoms with Gasteiger partial charge in [-0.25, -0.2) is 0 Å². The standard InChI is InChI=1S/C16H31N3O/c1-7-14-13(12-17-16(3,4)5)15(8-2)19(18-14)10-9-11-20-6/h17H,7-12H2,1-6H3. The summed E-state index contributed by atoms with van der Waals surface area (Å²) in [5.74, 6) is 0. The molecule has 0 saturated heterocycles. The Balaban J connectivity index is 2.89. The molecule has 0 amide bonds. The van der Waals surface area contributed by atoms with Crippen LogP contribution in [0.25, 0.3) is 0 Å². The molecule has 1 aromatic heterocycles. The molecule has 1 heterocycles. The Bertz CT molecular complexity index is 405. The maximum atomic E-state index is 5.14. The Morgan fingerprint density at radius 1 is 1.20 bits per heavy atom. The fraction of sp³-hybridized carbons (Fsp3) is 0.812. The van der Waals surface area contributed by atoms with Crippen molar-refractivity contribution >= 4 is 0 Å². The maximum Gasteiger partial charge on any atom is 0.0669 e. The fourth-order valence-electron chi connectivity index (χ4n) is 2.37. The minimum absolute atomic E-state index is 0.133. The first-order valence-electron chi connectivity index (χ1n) is 7.74. The third kappa shape index (κ3) is 4.91. The quantitative estimate of drug-likeness (QED) is 0.745. The van der Waals surface area contributed by atoms with E-state index in [1.807, 2.05) is 0 Å². The molecule has 0 unspecified atom stereocenters. The average Bonchev–Trinajstić information content (AvgIpc) is 2.73. The molecule has 0 spiro atoms. The molecule has 1 aromatic rings. The Hall–Kier alpha value is -0.870. The molecule has 116 valence electrons. The minimum Gasteiger partial charge on any atom is -0.385 e. The molecule has 1 N–H and O–H groups in total. The van der Waals surface area contributed by atoms with Crippen LogP contribution in [-0.2, 0) is 30.7 Å². The molecule has 4 heteroatoms. The van der Waals surface area contributed by atoms with Crippen LogP contribution in [0.1, 0.15) is 58.0 Å². The molecule has 0 saturated carbocycles. The first kappa shape index (κ1) is 17.2. The minimum atomic E-state index is 0.133. The van der Waals surface area contributed by atoms with Crippen LogP contribution in [0.5, 0.6) is 0 Å². The fourth-order valence-corrected chi connectivity index (χ4v) is 2.37. The van der Waals surface area contributed by atoms with Gasteiger partial charge in [0.15, 0.2) is 0 Å². The average molecular weight is 281 g/mol. The van der Waals surface area contributed by atoms with E-state index in [0.717, 1.165) is 39.0 Å². The predicted octanol–water partition coefficient (Wildman–Crippen LogP) is 2.93. The zero-order chi connectivity index (χ0) is 15.2. The van der Waals surface area contributed by atoms with E-state index >= 15 is 0 Å². The van der Waals surface area contributed by atoms with Crippen LogP contribution in [0.2, 0.25) is 0 Å². The highest BCUT2D eigenvalue weighted by atomic mass is 16.5. The number of hydrogen-bond acceptors (Lipinski definition) is 3. The molecule has 4 nitrogen and oxygen atoms in total. The number of ether oxygens (including phenoxy) is 1. The van der Waals surface area contributed by atoms with Gasteiger partial charge < -0.3 is 10.1 Å². The number of aromatic nitrogens is 2. The van der Waals surface area contributed by atoms with Gasteiger partial charge in [-0.1, -0.05) is 13.8 Å². The number of nitrogens with zero attached hydrogens (tertiary/aromatic N) is 2. The summed E-state index contributed by atoms with van der Waals surface area (Å²) >= 11 is 0. The van der Waals surface area contributed by atoms with E-state index in [0.29, 0.717) is 0 Å². The lowest BCUT2D eigenvalue weighted by atomic mass is 10.1. The van der Waals surface area contributed by atoms with Crippen molar-refractivity contribution in [1.29, 1.82) is 0 Å². The molecule has 0 aliphatic heterocycles. The molecule has 0 aliphatic carbocycles. The number of hydrogen-bond donors (Lipinski definition) is 1. The van der Waals surface area contributed by atoms with Gasteiger partial charge in [0.25, 0.3) is 0 Å². The van der Waals surface area contributed by atoms with Crippen molar-refractivity contribution in [3.05, 3.63) is 17.0 Å². The largest absolute Gasteiger partial charge is 0.385 e. The van der Waals surface area contributed by atoms with Gasteiger partial charge >= 0.3 is 0 Å². The Labute approximate surface area is 123 Å². The zero-order valence-electron chi connectivity index (χ0n) is 14.0. The highest BCUT2D eigenvalue weighted by Crippen LogP contribution is 2.18. The summed E-state index contributed by atoms with van der Waals surface area (Å²) in [6.45, 7) is 13.6. The number of nitrogens with one attached hydrogen (secondary N) is 1. The molecule has 0 aromatic carbocycles. The molecule has 0 atom stereocenters. The normalized spacial score (nSPS) is 12.1. The van der Waals surface area contributed by atoms with Gasteiger partial charge in [-0.15, -0.1) is 0 Å². The highest BCUT2D eigenvalue weighted by Gasteiger charge is 2.17. The third-order valence-electron chi connectivity index (χ3n) is 3.43. The van der Waals surface area contributed by atoms with Crippen molar-refractivity contribution in [2.75, 3.05) is 13.7 Å². The molecule has 20 heavy (non-hydrogen) atoms. The van der Waals surface area contributed by atoms with E-state index in [2.05, 4.69) is 44.6 Å². The van der Waals surface area contributed by atoms with E-state index in [-0.39, 0.29) is 5.54 Å². The van der Waals surface area contributed by atoms with Crippen molar-refractivity contribution in [1.82, 2.24) is 15.1 Å². The molecule has 1 rings (SSSR count). The van der Waals surface area contributed by atoms with Crippen LogP contribution in [0.15, 0.2) is 0 Å². The van der Waals surface area contributed by atoms with Gasteiger partial charge in [-0.2, -0.15) is 5.10 Å². The first-order valence-corrected chi connectivity index (χ1v) is 7.74. The van der Waals surface area contributed by atoms with Gasteiger partial charge in [0.2, 0.25) is 0 Å². The van der Waals surface area contributed by atoms with Crippen molar-refractivity contribution in [2.45, 2.75) is 72.5 Å². The molecular formula is C16H31N3O. The molecular weight excluding hydrogens is 250 g/mol. The zero-order valence-corrected chi connectivity index (χ0v) is 14.0. The Morgan fingerprint density at radius 2 is 1.90 bits per heavy atom. The summed E-state index contributed by atoms with van der Waals surface area (Å²) in [4.78, 5) is 0. The summed E-state index contributed by atoms with van der Waals surface area (Å²) in [6, 6.07) is 0. The molecule has 0 aliphatic rings. The second kappa shape index (κ2) is 7.79. The van der Waals surface area contributed by atoms with E-state index in [1.54, 1.807) is 7.11 Å². The summed E-state index contributed by atoms with van der Waals surface area (Å²) in [7, 11) is 1.75. The topological polar surface area (TPSA) is 39.1 Å². The van der Waals surface area contributed by atoms with Crippen molar-refractivity contribution < 1.29 is 4.74 Å². The number of methoxy groups -OCH3 is 1. The van der Waals surface area contributed by atoms with Crippen LogP contribution >= 0.6 is 0 Å². The number of rotatable bonds is 8. The number of aryl methyl sites for hydroxylation is 2. The van der Waals surface area contributed by atoms with Gasteiger partial charge in [-0.05, 0) is 40.0 Å². The van der Waals surface area contributed by atoms with Gasteiger partial charge in [0.1, 0.15) is 0 Å². The van der Waals surface area contributed by atoms with Crippen LogP contribution in [0.3, 0.4) is 0 Å². The van der Waals surface area contributed by atoms with Crippen LogP contribution in [0, 0.1) is 0 Å². The van der Waals surface area contributed by atoms with Gasteiger partial charge in [0.05, 0.1) is 5.69 Å². The summed E-state index contributed by atoms with van der Waals surface area (Å²) in [6.07, 6.45) is 3.03. The maximum absolute atomic E-state index is 5.14. The lowest BCUT2D eigenvalue weighted by Crippen LogP contribution is -2.35. The van der Waals surface area contributed by atoms with E-state index in [4.69, 9.17) is 9.84 Å². The van der Waals surface area contributed by atoms with Gasteiger partial charge in [-0.3, -0.25) is 4.68 Å². The summed E-state index contributed by atoms with van der Waals surface area (Å²) in [5.41, 5.74) is 4.13. The van der Waals surface area contributed by atoms with Crippen LogP contribution in [-0.4, -0.2) is 29.0 Å². The lowest BCUT2D eigenvalue weighted by molar-refractivity contribution is 0.188. The van der Waals surface area contributed by atoms with E-state index < -0.39 is 0 Å². The third-order valence-corrected chi connectivity index (χ3v) is 3.43. The van der Waals surface area contributed by atoms with Crippen LogP contribution < -0.4 is 5.32 Å². The van der Waals surface area contributed by atoms with E-state index in [1.165, 1.54) is 17.0 Å². The first-order chi connectivity index (χ1) is 9.42. The molecule has 0 radical (unpaired) electrons. The highest BCUT2D eigenvalue weighted by molar-refractivity contribution is 5.27. The van der Waals surface area contributed by atoms with Crippen molar-refractivity contribution in [3.63, 3.8) is 0 Å². The van der Waals surface area contributed by atoms with Crippen molar-refractivity contribution in [2.24, 2.45) is 0 Å². The van der Waals surface area contributed by atoms with Crippen molar-refractivity contribution in [3.8, 4) is 0 Å². The monoisotopic (exact) mass is 281 g/mol. The summed E-state index contributed by atoms with van der Waals surface area (Å²) < 4.78 is 7.32. The Kier molecular flexibility index (Phi) is 6.69. The SMILES string of the molecule is CCc1nn(CCCOC)c(CC)c1CNC(C)(C)C. The van der Waals surface area contributed by atoms with Crippen LogP contribution in [0.4, 0.5) is 0 Å². The Morgan fingerprint density at radius 3 is 2.40 bits per heavy atom. The van der Waals surface area contributed by atoms with Gasteiger partial charge in [0, 0.05) is 43.6 Å². The lowest BCUT2D eigenvalue weighted by Gasteiger charge is -2.21. The summed E-state index contributed by atoms with van der Waals surface area (Å²) in [5, 5.41) is 8.38. The second-order valence-electron chi connectivity index (χ2n) is 6.25. The predicted molar refractivity (Wildman–Crippen MR) is 84.1 cm³/mol. The molecule has 0 fully saturated rings. The second-order valence-corrected chi connectivity index (χ2v) is 6.25. The van der Waals surface area contributed by atoms with E-state index in [9.17, 15) is 0 Å².